The van der Waals surface area contributed by atoms with Crippen molar-refractivity contribution in [3.8, 4) is 0 Å². The molecule has 0 rings (SSSR count). The standard InChI is InChI=1S/C10H20N2/c1-5-9(4)10(12-7-3)8-11-6-2/h8-9H,5-7H2,1-4H3/b11-8+,12-10-. The van der Waals surface area contributed by atoms with Crippen molar-refractivity contribution in [2.24, 2.45) is 15.9 Å². The van der Waals surface area contributed by atoms with Crippen LogP contribution in [0, 0.1) is 5.92 Å². The van der Waals surface area contributed by atoms with Crippen molar-refractivity contribution in [2.75, 3.05) is 13.1 Å². The highest BCUT2D eigenvalue weighted by molar-refractivity contribution is 6.31. The highest BCUT2D eigenvalue weighted by Gasteiger charge is 2.03. The summed E-state index contributed by atoms with van der Waals surface area (Å²) in [6, 6.07) is 0. The first-order valence-electron chi connectivity index (χ1n) is 4.80. The molecule has 2 heteroatoms. The Morgan fingerprint density at radius 1 is 1.25 bits per heavy atom. The molecule has 12 heavy (non-hydrogen) atoms. The molecule has 0 saturated heterocycles. The van der Waals surface area contributed by atoms with E-state index in [1.165, 1.54) is 0 Å². The van der Waals surface area contributed by atoms with Gasteiger partial charge in [-0.05, 0) is 26.2 Å². The topological polar surface area (TPSA) is 24.7 Å². The number of aliphatic imine (C=N–C) groups is 2. The summed E-state index contributed by atoms with van der Waals surface area (Å²) in [6.07, 6.45) is 3.05. The Balaban J connectivity index is 4.23. The molecule has 0 aliphatic heterocycles. The van der Waals surface area contributed by atoms with E-state index in [0.29, 0.717) is 5.92 Å². The average Bonchev–Trinajstić information content (AvgIpc) is 2.11. The maximum Gasteiger partial charge on any atom is 0.0554 e. The van der Waals surface area contributed by atoms with E-state index in [1.807, 2.05) is 13.1 Å². The lowest BCUT2D eigenvalue weighted by molar-refractivity contribution is 0.742. The van der Waals surface area contributed by atoms with Crippen LogP contribution < -0.4 is 0 Å². The molecule has 70 valence electrons. The van der Waals surface area contributed by atoms with Crippen LogP contribution in [0.4, 0.5) is 0 Å². The zero-order valence-electron chi connectivity index (χ0n) is 8.67. The lowest BCUT2D eigenvalue weighted by atomic mass is 10.0. The number of rotatable bonds is 5. The van der Waals surface area contributed by atoms with E-state index in [9.17, 15) is 0 Å². The monoisotopic (exact) mass is 168 g/mol. The Bertz CT molecular complexity index is 159. The molecule has 0 aliphatic rings. The first-order valence-corrected chi connectivity index (χ1v) is 4.80. The smallest absolute Gasteiger partial charge is 0.0554 e. The van der Waals surface area contributed by atoms with Gasteiger partial charge in [-0.3, -0.25) is 9.98 Å². The first kappa shape index (κ1) is 11.3. The third-order valence-electron chi connectivity index (χ3n) is 1.86. The molecule has 0 aromatic heterocycles. The minimum absolute atomic E-state index is 0.542. The fourth-order valence-electron chi connectivity index (χ4n) is 0.900. The first-order chi connectivity index (χ1) is 5.76. The molecule has 0 N–H and O–H groups in total. The van der Waals surface area contributed by atoms with Gasteiger partial charge in [0.05, 0.1) is 5.71 Å². The Labute approximate surface area is 75.8 Å². The summed E-state index contributed by atoms with van der Waals surface area (Å²) < 4.78 is 0. The Hall–Kier alpha value is -0.660. The third kappa shape index (κ3) is 4.27. The van der Waals surface area contributed by atoms with Crippen molar-refractivity contribution in [3.05, 3.63) is 0 Å². The van der Waals surface area contributed by atoms with Crippen molar-refractivity contribution in [3.63, 3.8) is 0 Å². The van der Waals surface area contributed by atoms with E-state index >= 15 is 0 Å². The molecule has 0 amide bonds. The molecular weight excluding hydrogens is 148 g/mol. The molecule has 0 radical (unpaired) electrons. The van der Waals surface area contributed by atoms with Crippen LogP contribution in [0.25, 0.3) is 0 Å². The van der Waals surface area contributed by atoms with Gasteiger partial charge in [0, 0.05) is 19.3 Å². The van der Waals surface area contributed by atoms with Gasteiger partial charge in [-0.1, -0.05) is 13.8 Å². The fraction of sp³-hybridized carbons (Fsp3) is 0.800. The molecule has 0 fully saturated rings. The highest BCUT2D eigenvalue weighted by atomic mass is 14.8. The summed E-state index contributed by atoms with van der Waals surface area (Å²) >= 11 is 0. The summed E-state index contributed by atoms with van der Waals surface area (Å²) in [5.41, 5.74) is 1.14. The summed E-state index contributed by atoms with van der Waals surface area (Å²) in [5, 5.41) is 0. The van der Waals surface area contributed by atoms with Crippen molar-refractivity contribution >= 4 is 11.9 Å². The predicted octanol–water partition coefficient (Wildman–Crippen LogP) is 2.58. The van der Waals surface area contributed by atoms with Crippen LogP contribution >= 0.6 is 0 Å². The van der Waals surface area contributed by atoms with Gasteiger partial charge in [0.1, 0.15) is 0 Å². The van der Waals surface area contributed by atoms with Gasteiger partial charge in [-0.2, -0.15) is 0 Å². The van der Waals surface area contributed by atoms with E-state index in [4.69, 9.17) is 0 Å². The molecule has 0 aliphatic carbocycles. The minimum Gasteiger partial charge on any atom is -0.292 e. The Kier molecular flexibility index (Phi) is 6.63. The van der Waals surface area contributed by atoms with Gasteiger partial charge in [0.15, 0.2) is 0 Å². The number of hydrogen-bond donors (Lipinski definition) is 0. The zero-order valence-corrected chi connectivity index (χ0v) is 8.67. The maximum atomic E-state index is 4.40. The number of hydrogen-bond acceptors (Lipinski definition) is 2. The molecule has 1 unspecified atom stereocenters. The van der Waals surface area contributed by atoms with Crippen molar-refractivity contribution in [2.45, 2.75) is 34.1 Å². The third-order valence-corrected chi connectivity index (χ3v) is 1.86. The van der Waals surface area contributed by atoms with Gasteiger partial charge < -0.3 is 0 Å². The summed E-state index contributed by atoms with van der Waals surface area (Å²) in [7, 11) is 0. The van der Waals surface area contributed by atoms with Gasteiger partial charge in [0.2, 0.25) is 0 Å². The van der Waals surface area contributed by atoms with Gasteiger partial charge in [0.25, 0.3) is 0 Å². The van der Waals surface area contributed by atoms with Crippen molar-refractivity contribution < 1.29 is 0 Å². The minimum atomic E-state index is 0.542. The van der Waals surface area contributed by atoms with Crippen molar-refractivity contribution in [1.29, 1.82) is 0 Å². The molecule has 0 saturated carbocycles. The molecule has 2 nitrogen and oxygen atoms in total. The molecule has 0 heterocycles. The summed E-state index contributed by atoms with van der Waals surface area (Å²) in [4.78, 5) is 8.60. The number of nitrogens with zero attached hydrogens (tertiary/aromatic N) is 2. The quantitative estimate of drug-likeness (QED) is 0.564. The molecule has 0 bridgehead atoms. The molecular formula is C10H20N2. The normalized spacial score (nSPS) is 15.5. The second-order valence-electron chi connectivity index (χ2n) is 2.84. The van der Waals surface area contributed by atoms with Crippen LogP contribution in [-0.2, 0) is 0 Å². The lowest BCUT2D eigenvalue weighted by Crippen LogP contribution is -2.12. The van der Waals surface area contributed by atoms with E-state index < -0.39 is 0 Å². The van der Waals surface area contributed by atoms with E-state index in [-0.39, 0.29) is 0 Å². The van der Waals surface area contributed by atoms with E-state index in [1.54, 1.807) is 0 Å². The van der Waals surface area contributed by atoms with Gasteiger partial charge in [-0.15, -0.1) is 0 Å². The summed E-state index contributed by atoms with van der Waals surface area (Å²) in [6.45, 7) is 10.2. The van der Waals surface area contributed by atoms with Crippen LogP contribution in [0.15, 0.2) is 9.98 Å². The van der Waals surface area contributed by atoms with Crippen LogP contribution in [0.5, 0.6) is 0 Å². The maximum absolute atomic E-state index is 4.40. The second-order valence-corrected chi connectivity index (χ2v) is 2.84. The summed E-state index contributed by atoms with van der Waals surface area (Å²) in [5.74, 6) is 0.542. The lowest BCUT2D eigenvalue weighted by Gasteiger charge is -2.07. The van der Waals surface area contributed by atoms with E-state index in [2.05, 4.69) is 30.8 Å². The largest absolute Gasteiger partial charge is 0.292 e. The second kappa shape index (κ2) is 7.01. The Morgan fingerprint density at radius 3 is 2.33 bits per heavy atom. The van der Waals surface area contributed by atoms with Crippen LogP contribution in [0.1, 0.15) is 34.1 Å². The SMILES string of the molecule is CC/N=C/C(=N/CC)C(C)CC. The van der Waals surface area contributed by atoms with Crippen LogP contribution in [0.2, 0.25) is 0 Å². The molecule has 1 atom stereocenters. The van der Waals surface area contributed by atoms with E-state index in [0.717, 1.165) is 25.2 Å². The van der Waals surface area contributed by atoms with Crippen LogP contribution in [0.3, 0.4) is 0 Å². The molecule has 0 aromatic carbocycles. The van der Waals surface area contributed by atoms with Gasteiger partial charge in [-0.25, -0.2) is 0 Å². The van der Waals surface area contributed by atoms with Crippen LogP contribution in [-0.4, -0.2) is 25.0 Å². The Morgan fingerprint density at radius 2 is 1.92 bits per heavy atom. The highest BCUT2D eigenvalue weighted by Crippen LogP contribution is 2.02. The molecule has 0 spiro atoms. The zero-order chi connectivity index (χ0) is 9.40. The fourth-order valence-corrected chi connectivity index (χ4v) is 0.900. The predicted molar refractivity (Wildman–Crippen MR) is 56.5 cm³/mol. The van der Waals surface area contributed by atoms with Gasteiger partial charge >= 0.3 is 0 Å². The van der Waals surface area contributed by atoms with Crippen molar-refractivity contribution in [1.82, 2.24) is 0 Å². The average molecular weight is 168 g/mol. The molecule has 0 aromatic rings.